The third-order valence-corrected chi connectivity index (χ3v) is 3.79. The molecular weight excluding hydrogens is 270 g/mol. The fourth-order valence-corrected chi connectivity index (χ4v) is 2.19. The van der Waals surface area contributed by atoms with E-state index in [0.29, 0.717) is 0 Å². The van der Waals surface area contributed by atoms with E-state index in [9.17, 15) is 0 Å². The summed E-state index contributed by atoms with van der Waals surface area (Å²) in [6.07, 6.45) is 3.57. The predicted octanol–water partition coefficient (Wildman–Crippen LogP) is 6.22. The van der Waals surface area contributed by atoms with Gasteiger partial charge in [0.15, 0.2) is 0 Å². The van der Waals surface area contributed by atoms with E-state index in [2.05, 4.69) is 78.0 Å². The van der Waals surface area contributed by atoms with Gasteiger partial charge in [-0.1, -0.05) is 72.6 Å². The Morgan fingerprint density at radius 3 is 2.09 bits per heavy atom. The fourth-order valence-electron chi connectivity index (χ4n) is 2.19. The van der Waals surface area contributed by atoms with Gasteiger partial charge in [0.2, 0.25) is 0 Å². The molecule has 1 heterocycles. The third kappa shape index (κ3) is 6.39. The van der Waals surface area contributed by atoms with Crippen molar-refractivity contribution >= 4 is 5.69 Å². The first-order valence-corrected chi connectivity index (χ1v) is 8.98. The van der Waals surface area contributed by atoms with Crippen LogP contribution in [0.3, 0.4) is 0 Å². The average Bonchev–Trinajstić information content (AvgIpc) is 2.89. The maximum absolute atomic E-state index is 5.90. The Labute approximate surface area is 138 Å². The zero-order valence-electron chi connectivity index (χ0n) is 15.8. The molecule has 0 saturated carbocycles. The lowest BCUT2D eigenvalue weighted by molar-refractivity contribution is -0.0314. The van der Waals surface area contributed by atoms with Crippen LogP contribution in [0.2, 0.25) is 0 Å². The molecule has 0 aromatic heterocycles. The van der Waals surface area contributed by atoms with Crippen LogP contribution in [0.4, 0.5) is 5.69 Å². The summed E-state index contributed by atoms with van der Waals surface area (Å²) in [4.78, 5) is 0. The highest BCUT2D eigenvalue weighted by Crippen LogP contribution is 2.39. The Kier molecular flexibility index (Phi) is 11.0. The van der Waals surface area contributed by atoms with E-state index in [-0.39, 0.29) is 5.60 Å². The SMILES string of the molecule is CCC.CCC(C)C.CCOC1(CC)CNc2ccccc21. The van der Waals surface area contributed by atoms with Gasteiger partial charge in [-0.05, 0) is 25.3 Å². The molecule has 1 unspecified atom stereocenters. The Balaban J connectivity index is 0.000000465. The minimum absolute atomic E-state index is 0.0919. The van der Waals surface area contributed by atoms with Crippen molar-refractivity contribution in [1.82, 2.24) is 0 Å². The van der Waals surface area contributed by atoms with Gasteiger partial charge in [0.25, 0.3) is 0 Å². The van der Waals surface area contributed by atoms with E-state index in [1.54, 1.807) is 0 Å². The zero-order valence-corrected chi connectivity index (χ0v) is 15.8. The molecule has 1 aliphatic heterocycles. The minimum atomic E-state index is -0.0919. The molecule has 1 N–H and O–H groups in total. The number of benzene rings is 1. The number of hydrogen-bond acceptors (Lipinski definition) is 2. The van der Waals surface area contributed by atoms with Crippen molar-refractivity contribution in [2.24, 2.45) is 5.92 Å². The molecule has 0 aliphatic carbocycles. The van der Waals surface area contributed by atoms with Crippen molar-refractivity contribution in [3.05, 3.63) is 29.8 Å². The quantitative estimate of drug-likeness (QED) is 0.712. The summed E-state index contributed by atoms with van der Waals surface area (Å²) >= 11 is 0. The van der Waals surface area contributed by atoms with Crippen molar-refractivity contribution in [1.29, 1.82) is 0 Å². The lowest BCUT2D eigenvalue weighted by atomic mass is 9.93. The molecule has 1 aliphatic rings. The molecular formula is C20H37NO. The summed E-state index contributed by atoms with van der Waals surface area (Å²) < 4.78 is 5.90. The molecule has 0 radical (unpaired) electrons. The van der Waals surface area contributed by atoms with Crippen LogP contribution in [-0.4, -0.2) is 13.2 Å². The summed E-state index contributed by atoms with van der Waals surface area (Å²) in [5, 5.41) is 3.40. The van der Waals surface area contributed by atoms with Crippen molar-refractivity contribution in [3.63, 3.8) is 0 Å². The molecule has 1 aromatic rings. The number of fused-ring (bicyclic) bond motifs is 1. The maximum Gasteiger partial charge on any atom is 0.112 e. The molecule has 2 heteroatoms. The van der Waals surface area contributed by atoms with Gasteiger partial charge >= 0.3 is 0 Å². The van der Waals surface area contributed by atoms with E-state index in [0.717, 1.165) is 25.5 Å². The summed E-state index contributed by atoms with van der Waals surface area (Å²) in [6.45, 7) is 16.8. The Bertz CT molecular complexity index is 385. The predicted molar refractivity (Wildman–Crippen MR) is 99.6 cm³/mol. The van der Waals surface area contributed by atoms with Gasteiger partial charge in [-0.25, -0.2) is 0 Å². The van der Waals surface area contributed by atoms with Crippen LogP contribution in [0, 0.1) is 5.92 Å². The van der Waals surface area contributed by atoms with Gasteiger partial charge in [-0.15, -0.1) is 0 Å². The van der Waals surface area contributed by atoms with Gasteiger partial charge < -0.3 is 10.1 Å². The largest absolute Gasteiger partial charge is 0.381 e. The van der Waals surface area contributed by atoms with Crippen LogP contribution >= 0.6 is 0 Å². The van der Waals surface area contributed by atoms with Crippen molar-refractivity contribution < 1.29 is 4.74 Å². The molecule has 0 amide bonds. The molecule has 1 aromatic carbocycles. The number of hydrogen-bond donors (Lipinski definition) is 1. The smallest absolute Gasteiger partial charge is 0.112 e. The fraction of sp³-hybridized carbons (Fsp3) is 0.700. The summed E-state index contributed by atoms with van der Waals surface area (Å²) in [5.74, 6) is 0.884. The summed E-state index contributed by atoms with van der Waals surface area (Å²) in [7, 11) is 0. The third-order valence-electron chi connectivity index (χ3n) is 3.79. The molecule has 22 heavy (non-hydrogen) atoms. The van der Waals surface area contributed by atoms with Crippen LogP contribution < -0.4 is 5.32 Å². The standard InChI is InChI=1S/C12H17NO.C5H12.C3H8/c1-3-12(14-4-2)9-13-11-8-6-5-7-10(11)12;1-4-5(2)3;1-3-2/h5-8,13H,3-4,9H2,1-2H3;5H,4H2,1-3H3;3H2,1-2H3. The highest BCUT2D eigenvalue weighted by molar-refractivity contribution is 5.59. The molecule has 0 fully saturated rings. The number of para-hydroxylation sites is 1. The number of ether oxygens (including phenoxy) is 1. The molecule has 128 valence electrons. The Morgan fingerprint density at radius 1 is 1.09 bits per heavy atom. The van der Waals surface area contributed by atoms with Gasteiger partial charge in [0.1, 0.15) is 5.60 Å². The summed E-state index contributed by atoms with van der Waals surface area (Å²) in [5.41, 5.74) is 2.44. The van der Waals surface area contributed by atoms with E-state index in [1.165, 1.54) is 24.1 Å². The van der Waals surface area contributed by atoms with Crippen LogP contribution in [0.25, 0.3) is 0 Å². The number of rotatable bonds is 4. The van der Waals surface area contributed by atoms with Gasteiger partial charge in [0.05, 0.1) is 0 Å². The number of anilines is 1. The van der Waals surface area contributed by atoms with Crippen molar-refractivity contribution in [2.45, 2.75) is 73.3 Å². The van der Waals surface area contributed by atoms with Gasteiger partial charge in [-0.3, -0.25) is 0 Å². The first kappa shape index (κ1) is 21.0. The molecule has 0 saturated heterocycles. The Morgan fingerprint density at radius 2 is 1.64 bits per heavy atom. The molecule has 2 rings (SSSR count). The Hall–Kier alpha value is -1.02. The first-order chi connectivity index (χ1) is 10.5. The van der Waals surface area contributed by atoms with Crippen LogP contribution in [-0.2, 0) is 10.3 Å². The second-order valence-electron chi connectivity index (χ2n) is 6.19. The second kappa shape index (κ2) is 11.5. The lowest BCUT2D eigenvalue weighted by Crippen LogP contribution is -2.31. The second-order valence-corrected chi connectivity index (χ2v) is 6.19. The average molecular weight is 308 g/mol. The minimum Gasteiger partial charge on any atom is -0.381 e. The molecule has 2 nitrogen and oxygen atoms in total. The molecule has 0 spiro atoms. The van der Waals surface area contributed by atoms with E-state index in [1.807, 2.05) is 0 Å². The van der Waals surface area contributed by atoms with E-state index >= 15 is 0 Å². The van der Waals surface area contributed by atoms with Gasteiger partial charge in [-0.2, -0.15) is 0 Å². The topological polar surface area (TPSA) is 21.3 Å². The van der Waals surface area contributed by atoms with Crippen LogP contribution in [0.1, 0.15) is 73.3 Å². The molecule has 0 bridgehead atoms. The first-order valence-electron chi connectivity index (χ1n) is 8.98. The van der Waals surface area contributed by atoms with Gasteiger partial charge in [0, 0.05) is 24.4 Å². The van der Waals surface area contributed by atoms with Crippen LogP contribution in [0.15, 0.2) is 24.3 Å². The maximum atomic E-state index is 5.90. The number of nitrogens with one attached hydrogen (secondary N) is 1. The lowest BCUT2D eigenvalue weighted by Gasteiger charge is -2.27. The monoisotopic (exact) mass is 307 g/mol. The summed E-state index contributed by atoms with van der Waals surface area (Å²) in [6, 6.07) is 8.42. The van der Waals surface area contributed by atoms with E-state index < -0.39 is 0 Å². The van der Waals surface area contributed by atoms with Crippen LogP contribution in [0.5, 0.6) is 0 Å². The van der Waals surface area contributed by atoms with Crippen molar-refractivity contribution in [2.75, 3.05) is 18.5 Å². The van der Waals surface area contributed by atoms with Crippen molar-refractivity contribution in [3.8, 4) is 0 Å². The normalized spacial score (nSPS) is 18.5. The molecule has 1 atom stereocenters. The highest BCUT2D eigenvalue weighted by Gasteiger charge is 2.37. The van der Waals surface area contributed by atoms with E-state index in [4.69, 9.17) is 4.74 Å². The highest BCUT2D eigenvalue weighted by atomic mass is 16.5. The zero-order chi connectivity index (χ0) is 17.0.